The Balaban J connectivity index is 3.21. The molecule has 0 fully saturated rings. The predicted molar refractivity (Wildman–Crippen MR) is 53.3 cm³/mol. The zero-order valence-electron chi connectivity index (χ0n) is 7.24. The molecule has 1 rings (SSSR count). The fourth-order valence-electron chi connectivity index (χ4n) is 1.16. The fraction of sp³-hybridized carbons (Fsp3) is 0.400. The molecule has 1 heteroatoms. The summed E-state index contributed by atoms with van der Waals surface area (Å²) in [4.78, 5) is 0. The van der Waals surface area contributed by atoms with Crippen molar-refractivity contribution in [1.82, 2.24) is 0 Å². The van der Waals surface area contributed by atoms with Crippen molar-refractivity contribution in [2.24, 2.45) is 0 Å². The standard InChI is InChI=1S/C10H13Br/c1-7-4-9(3)10(6-11)5-8(7)2/h4-5H,6H2,1-3H3. The molecule has 0 bridgehead atoms. The summed E-state index contributed by atoms with van der Waals surface area (Å²) >= 11 is 3.47. The van der Waals surface area contributed by atoms with E-state index in [1.165, 1.54) is 22.3 Å². The third kappa shape index (κ3) is 1.84. The van der Waals surface area contributed by atoms with Gasteiger partial charge in [-0.1, -0.05) is 28.1 Å². The van der Waals surface area contributed by atoms with E-state index >= 15 is 0 Å². The first-order valence-electron chi connectivity index (χ1n) is 3.78. The summed E-state index contributed by atoms with van der Waals surface area (Å²) in [5.74, 6) is 0. The van der Waals surface area contributed by atoms with Gasteiger partial charge in [0, 0.05) is 5.33 Å². The molecule has 60 valence electrons. The third-order valence-electron chi connectivity index (χ3n) is 2.10. The second kappa shape index (κ2) is 3.40. The average Bonchev–Trinajstić information content (AvgIpc) is 1.97. The second-order valence-electron chi connectivity index (χ2n) is 3.00. The topological polar surface area (TPSA) is 0 Å². The smallest absolute Gasteiger partial charge is 0.0285 e. The number of aryl methyl sites for hydroxylation is 3. The molecule has 0 aliphatic heterocycles. The summed E-state index contributed by atoms with van der Waals surface area (Å²) in [5.41, 5.74) is 5.54. The summed E-state index contributed by atoms with van der Waals surface area (Å²) in [5, 5.41) is 0.958. The highest BCUT2D eigenvalue weighted by Gasteiger charge is 1.98. The summed E-state index contributed by atoms with van der Waals surface area (Å²) < 4.78 is 0. The second-order valence-corrected chi connectivity index (χ2v) is 3.56. The van der Waals surface area contributed by atoms with Crippen LogP contribution < -0.4 is 0 Å². The van der Waals surface area contributed by atoms with Gasteiger partial charge in [0.05, 0.1) is 0 Å². The molecule has 0 nitrogen and oxygen atoms in total. The average molecular weight is 213 g/mol. The van der Waals surface area contributed by atoms with Crippen molar-refractivity contribution < 1.29 is 0 Å². The maximum Gasteiger partial charge on any atom is 0.0285 e. The van der Waals surface area contributed by atoms with Crippen LogP contribution in [-0.4, -0.2) is 0 Å². The molecule has 0 aromatic heterocycles. The number of alkyl halides is 1. The Morgan fingerprint density at radius 1 is 1.00 bits per heavy atom. The van der Waals surface area contributed by atoms with Gasteiger partial charge in [-0.3, -0.25) is 0 Å². The maximum absolute atomic E-state index is 3.47. The van der Waals surface area contributed by atoms with Crippen LogP contribution in [0.2, 0.25) is 0 Å². The van der Waals surface area contributed by atoms with E-state index in [2.05, 4.69) is 48.8 Å². The Kier molecular flexibility index (Phi) is 2.72. The molecule has 0 heterocycles. The Hall–Kier alpha value is -0.300. The SMILES string of the molecule is Cc1cc(C)c(CBr)cc1C. The molecule has 0 atom stereocenters. The van der Waals surface area contributed by atoms with Crippen LogP contribution in [0.1, 0.15) is 22.3 Å². The molecule has 11 heavy (non-hydrogen) atoms. The van der Waals surface area contributed by atoms with Gasteiger partial charge in [0.25, 0.3) is 0 Å². The van der Waals surface area contributed by atoms with Crippen LogP contribution >= 0.6 is 15.9 Å². The van der Waals surface area contributed by atoms with E-state index in [9.17, 15) is 0 Å². The lowest BCUT2D eigenvalue weighted by atomic mass is 10.0. The molecule has 0 saturated carbocycles. The zero-order chi connectivity index (χ0) is 8.43. The highest BCUT2D eigenvalue weighted by Crippen LogP contribution is 2.17. The molecule has 0 aliphatic carbocycles. The highest BCUT2D eigenvalue weighted by atomic mass is 79.9. The highest BCUT2D eigenvalue weighted by molar-refractivity contribution is 9.08. The van der Waals surface area contributed by atoms with Crippen molar-refractivity contribution >= 4 is 15.9 Å². The van der Waals surface area contributed by atoms with Crippen LogP contribution in [0.15, 0.2) is 12.1 Å². The Labute approximate surface area is 76.8 Å². The van der Waals surface area contributed by atoms with Crippen molar-refractivity contribution in [3.63, 3.8) is 0 Å². The van der Waals surface area contributed by atoms with Gasteiger partial charge in [0.15, 0.2) is 0 Å². The first-order chi connectivity index (χ1) is 5.15. The van der Waals surface area contributed by atoms with E-state index < -0.39 is 0 Å². The molecule has 0 radical (unpaired) electrons. The van der Waals surface area contributed by atoms with Gasteiger partial charge in [-0.2, -0.15) is 0 Å². The molecule has 0 unspecified atom stereocenters. The van der Waals surface area contributed by atoms with Crippen LogP contribution in [0, 0.1) is 20.8 Å². The molecule has 0 amide bonds. The lowest BCUT2D eigenvalue weighted by Crippen LogP contribution is -1.89. The number of halogens is 1. The normalized spacial score (nSPS) is 10.2. The fourth-order valence-corrected chi connectivity index (χ4v) is 1.77. The van der Waals surface area contributed by atoms with Crippen LogP contribution in [0.3, 0.4) is 0 Å². The molecule has 0 aliphatic rings. The monoisotopic (exact) mass is 212 g/mol. The largest absolute Gasteiger partial charge is 0.0876 e. The summed E-state index contributed by atoms with van der Waals surface area (Å²) in [6, 6.07) is 4.49. The predicted octanol–water partition coefficient (Wildman–Crippen LogP) is 3.51. The van der Waals surface area contributed by atoms with Gasteiger partial charge < -0.3 is 0 Å². The van der Waals surface area contributed by atoms with Gasteiger partial charge in [0.1, 0.15) is 0 Å². The maximum atomic E-state index is 3.47. The zero-order valence-corrected chi connectivity index (χ0v) is 8.83. The number of hydrogen-bond donors (Lipinski definition) is 0. The minimum atomic E-state index is 0.958. The van der Waals surface area contributed by atoms with Crippen LogP contribution in [0.25, 0.3) is 0 Å². The van der Waals surface area contributed by atoms with E-state index in [0.29, 0.717) is 0 Å². The Morgan fingerprint density at radius 3 is 2.09 bits per heavy atom. The van der Waals surface area contributed by atoms with Crippen molar-refractivity contribution in [3.05, 3.63) is 34.4 Å². The molecule has 1 aromatic rings. The lowest BCUT2D eigenvalue weighted by molar-refractivity contribution is 1.23. The molecule has 0 saturated heterocycles. The van der Waals surface area contributed by atoms with E-state index in [4.69, 9.17) is 0 Å². The number of rotatable bonds is 1. The van der Waals surface area contributed by atoms with Crippen molar-refractivity contribution in [2.75, 3.05) is 0 Å². The van der Waals surface area contributed by atoms with E-state index in [0.717, 1.165) is 5.33 Å². The van der Waals surface area contributed by atoms with E-state index in [-0.39, 0.29) is 0 Å². The minimum absolute atomic E-state index is 0.958. The molecular formula is C10H13Br. The van der Waals surface area contributed by atoms with Gasteiger partial charge in [-0.15, -0.1) is 0 Å². The first kappa shape index (κ1) is 8.79. The van der Waals surface area contributed by atoms with Gasteiger partial charge in [0.2, 0.25) is 0 Å². The van der Waals surface area contributed by atoms with E-state index in [1.807, 2.05) is 0 Å². The summed E-state index contributed by atoms with van der Waals surface area (Å²) in [7, 11) is 0. The minimum Gasteiger partial charge on any atom is -0.0876 e. The van der Waals surface area contributed by atoms with E-state index in [1.54, 1.807) is 0 Å². The quantitative estimate of drug-likeness (QED) is 0.626. The Morgan fingerprint density at radius 2 is 1.55 bits per heavy atom. The van der Waals surface area contributed by atoms with Crippen molar-refractivity contribution in [1.29, 1.82) is 0 Å². The summed E-state index contributed by atoms with van der Waals surface area (Å²) in [6.45, 7) is 6.46. The van der Waals surface area contributed by atoms with Crippen LogP contribution in [0.4, 0.5) is 0 Å². The van der Waals surface area contributed by atoms with Crippen LogP contribution in [-0.2, 0) is 5.33 Å². The Bertz CT molecular complexity index is 264. The van der Waals surface area contributed by atoms with Gasteiger partial charge in [-0.25, -0.2) is 0 Å². The molecule has 0 spiro atoms. The van der Waals surface area contributed by atoms with Crippen molar-refractivity contribution in [3.8, 4) is 0 Å². The van der Waals surface area contributed by atoms with Crippen molar-refractivity contribution in [2.45, 2.75) is 26.1 Å². The molecular weight excluding hydrogens is 200 g/mol. The van der Waals surface area contributed by atoms with Crippen LogP contribution in [0.5, 0.6) is 0 Å². The third-order valence-corrected chi connectivity index (χ3v) is 2.70. The molecule has 0 N–H and O–H groups in total. The lowest BCUT2D eigenvalue weighted by Gasteiger charge is -2.06. The molecule has 1 aromatic carbocycles. The van der Waals surface area contributed by atoms with Gasteiger partial charge in [-0.05, 0) is 43.0 Å². The summed E-state index contributed by atoms with van der Waals surface area (Å²) in [6.07, 6.45) is 0. The van der Waals surface area contributed by atoms with Gasteiger partial charge >= 0.3 is 0 Å². The number of benzene rings is 1. The number of hydrogen-bond acceptors (Lipinski definition) is 0. The first-order valence-corrected chi connectivity index (χ1v) is 4.90.